The third kappa shape index (κ3) is 4.68. The Balaban J connectivity index is 1.52. The van der Waals surface area contributed by atoms with Gasteiger partial charge in [-0.1, -0.05) is 41.9 Å². The Kier molecular flexibility index (Phi) is 6.21. The number of H-pyrrole nitrogens is 1. The van der Waals surface area contributed by atoms with E-state index in [1.165, 1.54) is 0 Å². The maximum Gasteiger partial charge on any atom is 0.320 e. The number of aromatic amines is 1. The molecule has 3 heterocycles. The van der Waals surface area contributed by atoms with E-state index in [1.54, 1.807) is 31.6 Å². The minimum atomic E-state index is -0.545. The molecule has 0 bridgehead atoms. The second-order valence-corrected chi connectivity index (χ2v) is 8.24. The lowest BCUT2D eigenvalue weighted by molar-refractivity contribution is 0.251. The topological polar surface area (TPSA) is 145 Å². The number of nitrogens with one attached hydrogen (secondary N) is 3. The van der Waals surface area contributed by atoms with Crippen molar-refractivity contribution in [3.05, 3.63) is 83.2 Å². The van der Waals surface area contributed by atoms with Crippen LogP contribution in [0, 0.1) is 18.3 Å². The van der Waals surface area contributed by atoms with E-state index in [-0.39, 0.29) is 18.1 Å². The van der Waals surface area contributed by atoms with Gasteiger partial charge < -0.3 is 5.32 Å². The van der Waals surface area contributed by atoms with Gasteiger partial charge in [0.1, 0.15) is 11.9 Å². The van der Waals surface area contributed by atoms with E-state index in [4.69, 9.17) is 11.6 Å². The van der Waals surface area contributed by atoms with Crippen molar-refractivity contribution in [2.24, 2.45) is 0 Å². The van der Waals surface area contributed by atoms with Crippen LogP contribution in [-0.4, -0.2) is 36.2 Å². The van der Waals surface area contributed by atoms with Crippen molar-refractivity contribution in [3.63, 3.8) is 0 Å². The van der Waals surface area contributed by atoms with Crippen molar-refractivity contribution in [1.29, 1.82) is 5.26 Å². The molecule has 0 saturated carbocycles. The van der Waals surface area contributed by atoms with Crippen LogP contribution >= 0.6 is 11.6 Å². The van der Waals surface area contributed by atoms with Crippen molar-refractivity contribution in [3.8, 4) is 28.6 Å². The number of halogens is 1. The normalized spacial score (nSPS) is 10.7. The van der Waals surface area contributed by atoms with Gasteiger partial charge in [0, 0.05) is 41.0 Å². The molecule has 0 atom stereocenters. The van der Waals surface area contributed by atoms with E-state index in [2.05, 4.69) is 40.8 Å². The summed E-state index contributed by atoms with van der Waals surface area (Å²) in [6, 6.07) is 14.5. The second-order valence-electron chi connectivity index (χ2n) is 7.83. The Morgan fingerprint density at radius 1 is 1.06 bits per heavy atom. The number of nitriles is 1. The molecule has 3 N–H and O–H groups in total. The molecule has 2 amide bonds. The number of hydrogen-bond acceptors (Lipinski definition) is 7. The van der Waals surface area contributed by atoms with Gasteiger partial charge in [-0.25, -0.2) is 24.7 Å². The summed E-state index contributed by atoms with van der Waals surface area (Å²) in [5.74, 6) is 0.673. The first-order chi connectivity index (χ1) is 17.5. The smallest absolute Gasteiger partial charge is 0.320 e. The van der Waals surface area contributed by atoms with E-state index < -0.39 is 6.03 Å². The number of nitrogens with zero attached hydrogens (tertiary/aromatic N) is 6. The molecule has 0 unspecified atom stereocenters. The number of fused-ring (bicyclic) bond motifs is 1. The third-order valence-electron chi connectivity index (χ3n) is 5.34. The van der Waals surface area contributed by atoms with E-state index >= 15 is 0 Å². The summed E-state index contributed by atoms with van der Waals surface area (Å²) >= 11 is 6.46. The summed E-state index contributed by atoms with van der Waals surface area (Å²) in [4.78, 5) is 30.1. The Labute approximate surface area is 210 Å². The molecule has 0 radical (unpaired) electrons. The molecular weight excluding hydrogens is 478 g/mol. The number of aromatic nitrogens is 6. The zero-order valence-corrected chi connectivity index (χ0v) is 19.7. The zero-order valence-electron chi connectivity index (χ0n) is 19.0. The molecule has 0 spiro atoms. The van der Waals surface area contributed by atoms with E-state index in [0.29, 0.717) is 33.3 Å². The van der Waals surface area contributed by atoms with Crippen LogP contribution in [0.4, 0.5) is 10.6 Å². The Bertz CT molecular complexity index is 1610. The zero-order chi connectivity index (χ0) is 25.1. The highest BCUT2D eigenvalue weighted by molar-refractivity contribution is 6.35. The highest BCUT2D eigenvalue weighted by Crippen LogP contribution is 2.35. The highest BCUT2D eigenvalue weighted by atomic mass is 35.5. The van der Waals surface area contributed by atoms with Crippen LogP contribution in [0.1, 0.15) is 17.1 Å². The average Bonchev–Trinajstić information content (AvgIpc) is 3.38. The predicted molar refractivity (Wildman–Crippen MR) is 135 cm³/mol. The van der Waals surface area contributed by atoms with E-state index in [9.17, 15) is 10.1 Å². The third-order valence-corrected chi connectivity index (χ3v) is 5.64. The second kappa shape index (κ2) is 9.77. The molecule has 2 aromatic carbocycles. The largest absolute Gasteiger partial charge is 0.334 e. The van der Waals surface area contributed by atoms with Crippen LogP contribution in [0.3, 0.4) is 0 Å². The van der Waals surface area contributed by atoms with Crippen LogP contribution in [-0.2, 0) is 6.54 Å². The lowest BCUT2D eigenvalue weighted by Crippen LogP contribution is -2.29. The van der Waals surface area contributed by atoms with Crippen molar-refractivity contribution in [2.45, 2.75) is 13.5 Å². The number of carbonyl (C=O) groups is 1. The van der Waals surface area contributed by atoms with Gasteiger partial charge in [-0.05, 0) is 19.1 Å². The van der Waals surface area contributed by atoms with Crippen molar-refractivity contribution < 1.29 is 4.79 Å². The minimum absolute atomic E-state index is 0.0354. The molecule has 0 saturated heterocycles. The summed E-state index contributed by atoms with van der Waals surface area (Å²) in [7, 11) is 0. The molecule has 5 rings (SSSR count). The van der Waals surface area contributed by atoms with Crippen LogP contribution in [0.5, 0.6) is 0 Å². The first-order valence-corrected chi connectivity index (χ1v) is 11.2. The molecule has 0 aliphatic heterocycles. The quantitative estimate of drug-likeness (QED) is 0.322. The van der Waals surface area contributed by atoms with Crippen molar-refractivity contribution in [2.75, 3.05) is 5.32 Å². The first kappa shape index (κ1) is 22.9. The number of amides is 2. The van der Waals surface area contributed by atoms with Crippen LogP contribution in [0.25, 0.3) is 33.4 Å². The van der Waals surface area contributed by atoms with Gasteiger partial charge in [-0.2, -0.15) is 10.4 Å². The molecule has 10 nitrogen and oxygen atoms in total. The summed E-state index contributed by atoms with van der Waals surface area (Å²) < 4.78 is 0. The molecule has 0 aliphatic rings. The van der Waals surface area contributed by atoms with Gasteiger partial charge in [0.25, 0.3) is 0 Å². The lowest BCUT2D eigenvalue weighted by Gasteiger charge is -2.14. The summed E-state index contributed by atoms with van der Waals surface area (Å²) in [5.41, 5.74) is 3.74. The number of hydrogen-bond donors (Lipinski definition) is 3. The Morgan fingerprint density at radius 3 is 2.56 bits per heavy atom. The molecule has 5 aromatic rings. The van der Waals surface area contributed by atoms with E-state index in [0.717, 1.165) is 16.5 Å². The number of rotatable bonds is 5. The first-order valence-electron chi connectivity index (χ1n) is 10.8. The van der Waals surface area contributed by atoms with Crippen LogP contribution < -0.4 is 10.6 Å². The number of urea groups is 1. The van der Waals surface area contributed by atoms with Gasteiger partial charge in [0.2, 0.25) is 0 Å². The fourth-order valence-electron chi connectivity index (χ4n) is 3.59. The molecule has 11 heteroatoms. The van der Waals surface area contributed by atoms with Crippen molar-refractivity contribution >= 4 is 34.4 Å². The van der Waals surface area contributed by atoms with Crippen LogP contribution in [0.15, 0.2) is 61.1 Å². The van der Waals surface area contributed by atoms with Gasteiger partial charge in [-0.15, -0.1) is 0 Å². The summed E-state index contributed by atoms with van der Waals surface area (Å²) in [6.45, 7) is 1.98. The number of benzene rings is 2. The molecular formula is C25H18ClN9O. The molecule has 0 fully saturated rings. The fourth-order valence-corrected chi connectivity index (χ4v) is 3.86. The maximum absolute atomic E-state index is 12.6. The van der Waals surface area contributed by atoms with Gasteiger partial charge >= 0.3 is 6.03 Å². The monoisotopic (exact) mass is 495 g/mol. The number of carbonyl (C=O) groups excluding carboxylic acids is 1. The number of anilines is 1. The van der Waals surface area contributed by atoms with Crippen LogP contribution in [0.2, 0.25) is 5.02 Å². The molecule has 3 aromatic heterocycles. The van der Waals surface area contributed by atoms with E-state index in [1.807, 2.05) is 42.5 Å². The Morgan fingerprint density at radius 2 is 1.81 bits per heavy atom. The van der Waals surface area contributed by atoms with Gasteiger partial charge in [-0.3, -0.25) is 10.4 Å². The molecule has 176 valence electrons. The molecule has 36 heavy (non-hydrogen) atoms. The fraction of sp³-hybridized carbons (Fsp3) is 0.0800. The summed E-state index contributed by atoms with van der Waals surface area (Å²) in [5, 5.41) is 23.3. The highest BCUT2D eigenvalue weighted by Gasteiger charge is 2.19. The minimum Gasteiger partial charge on any atom is -0.334 e. The Hall–Kier alpha value is -4.88. The SMILES string of the molecule is Cc1ncc(CNC(=O)Nc2nc(-c3ccccc3)c(-c3cc(Cl)c4[nH]ncc4c3)nc2C#N)cn1. The average molecular weight is 496 g/mol. The number of aryl methyl sites for hydroxylation is 1. The lowest BCUT2D eigenvalue weighted by atomic mass is 10.0. The van der Waals surface area contributed by atoms with Gasteiger partial charge in [0.15, 0.2) is 11.5 Å². The summed E-state index contributed by atoms with van der Waals surface area (Å²) in [6.07, 6.45) is 4.92. The van der Waals surface area contributed by atoms with Crippen molar-refractivity contribution in [1.82, 2.24) is 35.5 Å². The maximum atomic E-state index is 12.6. The molecule has 0 aliphatic carbocycles. The standard InChI is InChI=1S/C25H18ClN9O/c1-14-28-10-15(11-29-14)12-30-25(36)34-24-20(9-27)32-23(22(33-24)16-5-3-2-4-6-16)17-7-18-13-31-35-21(18)19(26)8-17/h2-8,10-11,13H,12H2,1H3,(H,31,35)(H2,30,33,34,36). The predicted octanol–water partition coefficient (Wildman–Crippen LogP) is 4.63. The van der Waals surface area contributed by atoms with Gasteiger partial charge in [0.05, 0.1) is 28.1 Å².